The number of ether oxygens (including phenoxy) is 1. The number of hydrogen-bond acceptors (Lipinski definition) is 5. The molecule has 1 aromatic heterocycles. The second kappa shape index (κ2) is 8.96. The van der Waals surface area contributed by atoms with Gasteiger partial charge in [-0.15, -0.1) is 11.3 Å². The molecule has 0 saturated heterocycles. The number of carboxylic acids is 1. The highest BCUT2D eigenvalue weighted by Gasteiger charge is 2.35. The van der Waals surface area contributed by atoms with Gasteiger partial charge in [-0.25, -0.2) is 4.98 Å². The number of benzene rings is 2. The van der Waals surface area contributed by atoms with Crippen molar-refractivity contribution in [1.82, 2.24) is 4.98 Å². The number of aryl methyl sites for hydroxylation is 1. The molecule has 2 aromatic carbocycles. The van der Waals surface area contributed by atoms with Gasteiger partial charge in [-0.3, -0.25) is 9.59 Å². The van der Waals surface area contributed by atoms with E-state index in [0.717, 1.165) is 38.5 Å². The van der Waals surface area contributed by atoms with E-state index in [-0.39, 0.29) is 24.0 Å². The van der Waals surface area contributed by atoms with Gasteiger partial charge < -0.3 is 9.84 Å². The molecule has 156 valence electrons. The van der Waals surface area contributed by atoms with Crippen LogP contribution in [-0.2, 0) is 16.0 Å². The summed E-state index contributed by atoms with van der Waals surface area (Å²) in [6.07, 6.45) is 2.64. The normalized spacial score (nSPS) is 17.8. The van der Waals surface area contributed by atoms with Gasteiger partial charge in [0.25, 0.3) is 0 Å². The highest BCUT2D eigenvalue weighted by Crippen LogP contribution is 2.44. The highest BCUT2D eigenvalue weighted by molar-refractivity contribution is 7.18. The van der Waals surface area contributed by atoms with Crippen molar-refractivity contribution in [2.75, 3.05) is 6.61 Å². The Bertz CT molecular complexity index is 1070. The summed E-state index contributed by atoms with van der Waals surface area (Å²) in [5.74, 6) is -0.102. The van der Waals surface area contributed by atoms with Crippen LogP contribution in [0.3, 0.4) is 0 Å². The third-order valence-corrected chi connectivity index (χ3v) is 6.68. The van der Waals surface area contributed by atoms with Gasteiger partial charge in [0.05, 0.1) is 28.3 Å². The molecule has 0 radical (unpaired) electrons. The van der Waals surface area contributed by atoms with Gasteiger partial charge in [0, 0.05) is 18.8 Å². The summed E-state index contributed by atoms with van der Waals surface area (Å²) in [5, 5.41) is 10.2. The first kappa shape index (κ1) is 20.5. The first-order chi connectivity index (χ1) is 14.5. The van der Waals surface area contributed by atoms with Crippen molar-refractivity contribution in [3.05, 3.63) is 58.6 Å². The zero-order valence-electron chi connectivity index (χ0n) is 17.0. The molecule has 1 aliphatic rings. The molecule has 30 heavy (non-hydrogen) atoms. The van der Waals surface area contributed by atoms with E-state index < -0.39 is 5.97 Å². The van der Waals surface area contributed by atoms with E-state index in [1.165, 1.54) is 0 Å². The van der Waals surface area contributed by atoms with Gasteiger partial charge in [-0.05, 0) is 48.1 Å². The molecular weight excluding hydrogens is 398 g/mol. The fourth-order valence-corrected chi connectivity index (χ4v) is 5.22. The molecule has 0 fully saturated rings. The summed E-state index contributed by atoms with van der Waals surface area (Å²) < 4.78 is 6.76. The number of carbonyl (C=O) groups is 2. The van der Waals surface area contributed by atoms with Crippen LogP contribution in [0.25, 0.3) is 10.2 Å². The summed E-state index contributed by atoms with van der Waals surface area (Å²) >= 11 is 1.60. The molecule has 5 nitrogen and oxygen atoms in total. The molecular formula is C24H25NO4S. The summed E-state index contributed by atoms with van der Waals surface area (Å²) in [6.45, 7) is 2.77. The lowest BCUT2D eigenvalue weighted by atomic mass is 9.93. The zero-order valence-corrected chi connectivity index (χ0v) is 17.8. The predicted molar refractivity (Wildman–Crippen MR) is 118 cm³/mol. The molecule has 1 N–H and O–H groups in total. The molecule has 3 aromatic rings. The first-order valence-electron chi connectivity index (χ1n) is 10.4. The molecule has 6 heteroatoms. The average Bonchev–Trinajstić information content (AvgIpc) is 3.31. The Morgan fingerprint density at radius 3 is 2.77 bits per heavy atom. The number of ketones is 1. The number of rotatable bonds is 9. The number of carbonyl (C=O) groups excluding carboxylic acids is 1. The number of nitrogens with zero attached hydrogens (tertiary/aromatic N) is 1. The quantitative estimate of drug-likeness (QED) is 0.503. The first-order valence-corrected chi connectivity index (χ1v) is 11.2. The third kappa shape index (κ3) is 4.38. The fourth-order valence-electron chi connectivity index (χ4n) is 4.22. The van der Waals surface area contributed by atoms with Crippen LogP contribution in [0.2, 0.25) is 0 Å². The van der Waals surface area contributed by atoms with E-state index in [9.17, 15) is 14.7 Å². The van der Waals surface area contributed by atoms with E-state index in [2.05, 4.69) is 11.9 Å². The Hall–Kier alpha value is -2.73. The van der Waals surface area contributed by atoms with E-state index in [4.69, 9.17) is 4.74 Å². The maximum Gasteiger partial charge on any atom is 0.303 e. The van der Waals surface area contributed by atoms with Crippen LogP contribution >= 0.6 is 11.3 Å². The van der Waals surface area contributed by atoms with Crippen LogP contribution in [0.5, 0.6) is 5.75 Å². The number of thiazole rings is 1. The van der Waals surface area contributed by atoms with E-state index >= 15 is 0 Å². The largest absolute Gasteiger partial charge is 0.494 e. The number of aliphatic carboxylic acids is 1. The molecule has 2 unspecified atom stereocenters. The summed E-state index contributed by atoms with van der Waals surface area (Å²) in [7, 11) is 0. The van der Waals surface area contributed by atoms with Crippen molar-refractivity contribution in [2.24, 2.45) is 0 Å². The van der Waals surface area contributed by atoms with Gasteiger partial charge in [0.15, 0.2) is 0 Å². The maximum atomic E-state index is 13.0. The van der Waals surface area contributed by atoms with Gasteiger partial charge in [-0.1, -0.05) is 31.2 Å². The van der Waals surface area contributed by atoms with Gasteiger partial charge in [-0.2, -0.15) is 0 Å². The number of Topliss-reactive ketones (excluding diaryl/α,β-unsaturated/α-hetero) is 1. The third-order valence-electron chi connectivity index (χ3n) is 5.60. The minimum absolute atomic E-state index is 0.0705. The standard InChI is InChI=1S/C24H25NO4S/c1-2-11-29-16-7-8-20-22(14-16)30-23(25-20)10-9-21(26)19-12-15(13-24(27)28)17-5-3-4-6-18(17)19/h3-8,14-15,19H,2,9-13H2,1H3,(H,27,28). The van der Waals surface area contributed by atoms with Crippen molar-refractivity contribution in [3.8, 4) is 5.75 Å². The minimum atomic E-state index is -0.820. The predicted octanol–water partition coefficient (Wildman–Crippen LogP) is 5.33. The molecule has 1 aliphatic carbocycles. The summed E-state index contributed by atoms with van der Waals surface area (Å²) in [4.78, 5) is 28.9. The monoisotopic (exact) mass is 423 g/mol. The number of hydrogen-bond donors (Lipinski definition) is 1. The van der Waals surface area contributed by atoms with Crippen molar-refractivity contribution < 1.29 is 19.4 Å². The molecule has 0 saturated carbocycles. The lowest BCUT2D eigenvalue weighted by Gasteiger charge is -2.10. The fraction of sp³-hybridized carbons (Fsp3) is 0.375. The van der Waals surface area contributed by atoms with E-state index in [1.807, 2.05) is 42.5 Å². The van der Waals surface area contributed by atoms with Crippen LogP contribution in [-0.4, -0.2) is 28.4 Å². The van der Waals surface area contributed by atoms with Crippen molar-refractivity contribution in [2.45, 2.75) is 50.9 Å². The molecule has 2 atom stereocenters. The minimum Gasteiger partial charge on any atom is -0.494 e. The van der Waals surface area contributed by atoms with Crippen molar-refractivity contribution in [3.63, 3.8) is 0 Å². The highest BCUT2D eigenvalue weighted by atomic mass is 32.1. The second-order valence-corrected chi connectivity index (χ2v) is 8.88. The maximum absolute atomic E-state index is 13.0. The Balaban J connectivity index is 1.44. The molecule has 0 amide bonds. The number of aromatic nitrogens is 1. The Morgan fingerprint density at radius 2 is 2.00 bits per heavy atom. The van der Waals surface area contributed by atoms with E-state index in [1.54, 1.807) is 11.3 Å². The lowest BCUT2D eigenvalue weighted by molar-refractivity contribution is -0.137. The molecule has 0 aliphatic heterocycles. The second-order valence-electron chi connectivity index (χ2n) is 7.76. The molecule has 0 spiro atoms. The van der Waals surface area contributed by atoms with Crippen LogP contribution in [0.4, 0.5) is 0 Å². The average molecular weight is 424 g/mol. The Labute approximate surface area is 179 Å². The Kier molecular flexibility index (Phi) is 6.13. The van der Waals surface area contributed by atoms with Crippen LogP contribution < -0.4 is 4.74 Å². The number of carboxylic acid groups (broad SMARTS) is 1. The van der Waals surface area contributed by atoms with Crippen molar-refractivity contribution >= 4 is 33.3 Å². The van der Waals surface area contributed by atoms with E-state index in [0.29, 0.717) is 25.9 Å². The SMILES string of the molecule is CCCOc1ccc2nc(CCC(=O)C3CC(CC(=O)O)c4ccccc43)sc2c1. The van der Waals surface area contributed by atoms with Gasteiger partial charge in [0.1, 0.15) is 11.5 Å². The van der Waals surface area contributed by atoms with Crippen LogP contribution in [0.15, 0.2) is 42.5 Å². The van der Waals surface area contributed by atoms with Crippen LogP contribution in [0.1, 0.15) is 60.6 Å². The summed E-state index contributed by atoms with van der Waals surface area (Å²) in [5.41, 5.74) is 2.94. The van der Waals surface area contributed by atoms with Gasteiger partial charge >= 0.3 is 5.97 Å². The smallest absolute Gasteiger partial charge is 0.303 e. The molecule has 0 bridgehead atoms. The van der Waals surface area contributed by atoms with Crippen LogP contribution in [0, 0.1) is 0 Å². The lowest BCUT2D eigenvalue weighted by Crippen LogP contribution is -2.11. The zero-order chi connectivity index (χ0) is 21.1. The van der Waals surface area contributed by atoms with Gasteiger partial charge in [0.2, 0.25) is 0 Å². The topological polar surface area (TPSA) is 76.5 Å². The molecule has 4 rings (SSSR count). The number of fused-ring (bicyclic) bond motifs is 2. The molecule has 1 heterocycles. The Morgan fingerprint density at radius 1 is 1.20 bits per heavy atom. The summed E-state index contributed by atoms with van der Waals surface area (Å²) in [6, 6.07) is 13.7. The van der Waals surface area contributed by atoms with Crippen molar-refractivity contribution in [1.29, 1.82) is 0 Å².